The number of anilines is 1. The van der Waals surface area contributed by atoms with Gasteiger partial charge in [0.25, 0.3) is 0 Å². The fourth-order valence-corrected chi connectivity index (χ4v) is 1.62. The van der Waals surface area contributed by atoms with Crippen molar-refractivity contribution in [1.29, 1.82) is 0 Å². The standard InChI is InChI=1S/C12H17N5O/c1-2-12-14-15-16-17(12)8-3-9-18-11-6-4-10(13)5-7-11/h4-7H,2-3,8-9,13H2,1H3. The van der Waals surface area contributed by atoms with Crippen molar-refractivity contribution in [3.63, 3.8) is 0 Å². The number of nitrogen functional groups attached to an aromatic ring is 1. The second-order valence-corrected chi connectivity index (χ2v) is 3.94. The fraction of sp³-hybridized carbons (Fsp3) is 0.417. The smallest absolute Gasteiger partial charge is 0.150 e. The van der Waals surface area contributed by atoms with Crippen molar-refractivity contribution in [2.45, 2.75) is 26.3 Å². The van der Waals surface area contributed by atoms with E-state index < -0.39 is 0 Å². The van der Waals surface area contributed by atoms with E-state index >= 15 is 0 Å². The Hall–Kier alpha value is -2.11. The van der Waals surface area contributed by atoms with Crippen LogP contribution in [0, 0.1) is 0 Å². The highest BCUT2D eigenvalue weighted by Crippen LogP contribution is 2.13. The van der Waals surface area contributed by atoms with Crippen LogP contribution >= 0.6 is 0 Å². The maximum absolute atomic E-state index is 5.60. The molecule has 2 aromatic rings. The Bertz CT molecular complexity index is 479. The average molecular weight is 247 g/mol. The molecule has 0 aliphatic rings. The Morgan fingerprint density at radius 1 is 1.28 bits per heavy atom. The Morgan fingerprint density at radius 3 is 2.78 bits per heavy atom. The summed E-state index contributed by atoms with van der Waals surface area (Å²) in [6, 6.07) is 7.38. The molecular weight excluding hydrogens is 230 g/mol. The maximum Gasteiger partial charge on any atom is 0.150 e. The minimum Gasteiger partial charge on any atom is -0.494 e. The molecule has 0 aliphatic heterocycles. The van der Waals surface area contributed by atoms with Gasteiger partial charge in [0.1, 0.15) is 5.75 Å². The van der Waals surface area contributed by atoms with E-state index in [9.17, 15) is 0 Å². The first kappa shape index (κ1) is 12.3. The van der Waals surface area contributed by atoms with Crippen molar-refractivity contribution >= 4 is 5.69 Å². The second kappa shape index (κ2) is 6.00. The minimum absolute atomic E-state index is 0.632. The number of hydrogen-bond acceptors (Lipinski definition) is 5. The van der Waals surface area contributed by atoms with Gasteiger partial charge in [0.2, 0.25) is 0 Å². The Labute approximate surface area is 106 Å². The number of nitrogens with zero attached hydrogens (tertiary/aromatic N) is 4. The average Bonchev–Trinajstić information content (AvgIpc) is 2.84. The molecule has 0 aliphatic carbocycles. The highest BCUT2D eigenvalue weighted by Gasteiger charge is 2.02. The van der Waals surface area contributed by atoms with Crippen molar-refractivity contribution in [2.75, 3.05) is 12.3 Å². The van der Waals surface area contributed by atoms with Crippen LogP contribution < -0.4 is 10.5 Å². The van der Waals surface area contributed by atoms with E-state index in [1.54, 1.807) is 0 Å². The summed E-state index contributed by atoms with van der Waals surface area (Å²) in [6.07, 6.45) is 1.70. The van der Waals surface area contributed by atoms with E-state index in [-0.39, 0.29) is 0 Å². The molecule has 1 aromatic heterocycles. The van der Waals surface area contributed by atoms with E-state index in [0.29, 0.717) is 6.61 Å². The Balaban J connectivity index is 1.74. The SMILES string of the molecule is CCc1nnnn1CCCOc1ccc(N)cc1. The molecule has 96 valence electrons. The van der Waals surface area contributed by atoms with Crippen molar-refractivity contribution in [1.82, 2.24) is 20.2 Å². The van der Waals surface area contributed by atoms with Crippen LogP contribution in [0.2, 0.25) is 0 Å². The van der Waals surface area contributed by atoms with Gasteiger partial charge in [-0.1, -0.05) is 6.92 Å². The zero-order valence-electron chi connectivity index (χ0n) is 10.4. The lowest BCUT2D eigenvalue weighted by molar-refractivity contribution is 0.297. The zero-order chi connectivity index (χ0) is 12.8. The summed E-state index contributed by atoms with van der Waals surface area (Å²) < 4.78 is 7.41. The lowest BCUT2D eigenvalue weighted by atomic mass is 10.3. The quantitative estimate of drug-likeness (QED) is 0.614. The first-order valence-electron chi connectivity index (χ1n) is 6.03. The Morgan fingerprint density at radius 2 is 2.06 bits per heavy atom. The van der Waals surface area contributed by atoms with Crippen LogP contribution in [0.1, 0.15) is 19.2 Å². The van der Waals surface area contributed by atoms with Gasteiger partial charge in [-0.05, 0) is 34.7 Å². The van der Waals surface area contributed by atoms with Gasteiger partial charge in [-0.25, -0.2) is 4.68 Å². The number of aryl methyl sites for hydroxylation is 2. The number of nitrogens with two attached hydrogens (primary N) is 1. The normalized spacial score (nSPS) is 10.5. The zero-order valence-corrected chi connectivity index (χ0v) is 10.4. The second-order valence-electron chi connectivity index (χ2n) is 3.94. The number of tetrazole rings is 1. The lowest BCUT2D eigenvalue weighted by Crippen LogP contribution is -2.09. The van der Waals surface area contributed by atoms with Gasteiger partial charge >= 0.3 is 0 Å². The third-order valence-electron chi connectivity index (χ3n) is 2.59. The molecule has 6 nitrogen and oxygen atoms in total. The van der Waals surface area contributed by atoms with Gasteiger partial charge in [0, 0.05) is 25.1 Å². The number of benzene rings is 1. The molecule has 0 spiro atoms. The highest BCUT2D eigenvalue weighted by molar-refractivity contribution is 5.41. The van der Waals surface area contributed by atoms with Crippen LogP contribution in [0.5, 0.6) is 5.75 Å². The summed E-state index contributed by atoms with van der Waals surface area (Å²) in [7, 11) is 0. The molecule has 2 N–H and O–H groups in total. The molecule has 1 aromatic carbocycles. The van der Waals surface area contributed by atoms with Crippen molar-refractivity contribution in [2.24, 2.45) is 0 Å². The predicted octanol–water partition coefficient (Wildman–Crippen LogP) is 1.29. The van der Waals surface area contributed by atoms with Gasteiger partial charge in [0.15, 0.2) is 5.82 Å². The van der Waals surface area contributed by atoms with E-state index in [1.165, 1.54) is 0 Å². The van der Waals surface area contributed by atoms with Crippen LogP contribution in [0.3, 0.4) is 0 Å². The molecule has 0 amide bonds. The number of aromatic nitrogens is 4. The van der Waals surface area contributed by atoms with Gasteiger partial charge < -0.3 is 10.5 Å². The molecule has 0 saturated heterocycles. The minimum atomic E-state index is 0.632. The van der Waals surface area contributed by atoms with Crippen LogP contribution in [-0.2, 0) is 13.0 Å². The van der Waals surface area contributed by atoms with Gasteiger partial charge in [-0.15, -0.1) is 5.10 Å². The van der Waals surface area contributed by atoms with Crippen LogP contribution in [0.4, 0.5) is 5.69 Å². The molecule has 0 unspecified atom stereocenters. The molecule has 1 heterocycles. The Kier molecular flexibility index (Phi) is 4.11. The molecule has 2 rings (SSSR count). The monoisotopic (exact) mass is 247 g/mol. The van der Waals surface area contributed by atoms with E-state index in [4.69, 9.17) is 10.5 Å². The number of ether oxygens (including phenoxy) is 1. The first-order valence-corrected chi connectivity index (χ1v) is 6.03. The summed E-state index contributed by atoms with van der Waals surface area (Å²) in [5.74, 6) is 1.74. The molecule has 0 saturated carbocycles. The first-order chi connectivity index (χ1) is 8.79. The highest BCUT2D eigenvalue weighted by atomic mass is 16.5. The molecule has 0 bridgehead atoms. The van der Waals surface area contributed by atoms with E-state index in [0.717, 1.165) is 36.6 Å². The molecule has 0 fully saturated rings. The molecule has 6 heteroatoms. The maximum atomic E-state index is 5.60. The summed E-state index contributed by atoms with van der Waals surface area (Å²) in [6.45, 7) is 3.44. The van der Waals surface area contributed by atoms with E-state index in [2.05, 4.69) is 15.5 Å². The van der Waals surface area contributed by atoms with Crippen LogP contribution in [-0.4, -0.2) is 26.8 Å². The van der Waals surface area contributed by atoms with Gasteiger partial charge in [0.05, 0.1) is 6.61 Å². The summed E-state index contributed by atoms with van der Waals surface area (Å²) >= 11 is 0. The third kappa shape index (κ3) is 3.19. The van der Waals surface area contributed by atoms with Crippen LogP contribution in [0.15, 0.2) is 24.3 Å². The van der Waals surface area contributed by atoms with E-state index in [1.807, 2.05) is 35.9 Å². The molecule has 0 atom stereocenters. The van der Waals surface area contributed by atoms with Gasteiger partial charge in [-0.3, -0.25) is 0 Å². The predicted molar refractivity (Wildman–Crippen MR) is 68.2 cm³/mol. The van der Waals surface area contributed by atoms with Crippen molar-refractivity contribution < 1.29 is 4.74 Å². The third-order valence-corrected chi connectivity index (χ3v) is 2.59. The number of hydrogen-bond donors (Lipinski definition) is 1. The van der Waals surface area contributed by atoms with Crippen molar-refractivity contribution in [3.8, 4) is 5.75 Å². The molecular formula is C12H17N5O. The van der Waals surface area contributed by atoms with Crippen LogP contribution in [0.25, 0.3) is 0 Å². The van der Waals surface area contributed by atoms with Gasteiger partial charge in [-0.2, -0.15) is 0 Å². The topological polar surface area (TPSA) is 78.8 Å². The molecule has 0 radical (unpaired) electrons. The summed E-state index contributed by atoms with van der Waals surface area (Å²) in [5.41, 5.74) is 6.34. The van der Waals surface area contributed by atoms with Crippen molar-refractivity contribution in [3.05, 3.63) is 30.1 Å². The summed E-state index contributed by atoms with van der Waals surface area (Å²) in [5, 5.41) is 11.5. The number of rotatable bonds is 6. The lowest BCUT2D eigenvalue weighted by Gasteiger charge is -2.06. The molecule has 18 heavy (non-hydrogen) atoms. The fourth-order valence-electron chi connectivity index (χ4n) is 1.62. The largest absolute Gasteiger partial charge is 0.494 e. The summed E-state index contributed by atoms with van der Waals surface area (Å²) in [4.78, 5) is 0.